The minimum Gasteiger partial charge on any atom is -0.394 e. The molecule has 0 fully saturated rings. The summed E-state index contributed by atoms with van der Waals surface area (Å²) in [6.07, 6.45) is 24.8. The molecule has 0 bridgehead atoms. The van der Waals surface area contributed by atoms with Crippen molar-refractivity contribution < 1.29 is 20.1 Å². The van der Waals surface area contributed by atoms with E-state index in [1.54, 1.807) is 0 Å². The van der Waals surface area contributed by atoms with Gasteiger partial charge in [0.05, 0.1) is 31.3 Å². The Morgan fingerprint density at radius 3 is 1.37 bits per heavy atom. The maximum Gasteiger partial charge on any atom is 0.222 e. The first-order valence-corrected chi connectivity index (χ1v) is 15.3. The average Bonchev–Trinajstić information content (AvgIpc) is 2.84. The zero-order valence-electron chi connectivity index (χ0n) is 23.5. The van der Waals surface area contributed by atoms with Gasteiger partial charge in [-0.05, 0) is 12.8 Å². The van der Waals surface area contributed by atoms with Gasteiger partial charge in [0.1, 0.15) is 0 Å². The van der Waals surface area contributed by atoms with Gasteiger partial charge in [-0.1, -0.05) is 142 Å². The molecule has 0 aliphatic heterocycles. The molecule has 0 aromatic heterocycles. The van der Waals surface area contributed by atoms with E-state index in [1.807, 2.05) is 0 Å². The maximum absolute atomic E-state index is 12.2. The number of unbranched alkanes of at least 4 members (excludes halogenated alkanes) is 18. The normalized spacial score (nSPS) is 14.1. The Balaban J connectivity index is 3.73. The van der Waals surface area contributed by atoms with Crippen molar-refractivity contribution in [3.63, 3.8) is 0 Å². The number of amides is 1. The molecule has 0 saturated carbocycles. The van der Waals surface area contributed by atoms with E-state index in [2.05, 4.69) is 19.2 Å². The monoisotopic (exact) mass is 499 g/mol. The number of nitrogens with one attached hydrogen (secondary N) is 1. The first kappa shape index (κ1) is 34.4. The third-order valence-corrected chi connectivity index (χ3v) is 7.17. The van der Waals surface area contributed by atoms with E-state index in [4.69, 9.17) is 0 Å². The quantitative estimate of drug-likeness (QED) is 0.0900. The van der Waals surface area contributed by atoms with Crippen LogP contribution in [0.2, 0.25) is 0 Å². The molecule has 3 atom stereocenters. The molecule has 5 heteroatoms. The molecule has 1 amide bonds. The van der Waals surface area contributed by atoms with E-state index in [1.165, 1.54) is 103 Å². The van der Waals surface area contributed by atoms with Gasteiger partial charge in [-0.15, -0.1) is 0 Å². The van der Waals surface area contributed by atoms with Crippen molar-refractivity contribution >= 4 is 5.91 Å². The van der Waals surface area contributed by atoms with Crippen LogP contribution in [0.5, 0.6) is 0 Å². The van der Waals surface area contributed by atoms with Gasteiger partial charge in [0, 0.05) is 0 Å². The first-order chi connectivity index (χ1) is 17.0. The summed E-state index contributed by atoms with van der Waals surface area (Å²) in [5, 5.41) is 32.9. The van der Waals surface area contributed by atoms with Crippen molar-refractivity contribution in [1.82, 2.24) is 5.32 Å². The minimum absolute atomic E-state index is 0.0400. The molecule has 35 heavy (non-hydrogen) atoms. The Kier molecular flexibility index (Phi) is 25.9. The van der Waals surface area contributed by atoms with Crippen molar-refractivity contribution in [2.24, 2.45) is 0 Å². The third-order valence-electron chi connectivity index (χ3n) is 7.17. The fourth-order valence-corrected chi connectivity index (χ4v) is 4.75. The molecule has 0 radical (unpaired) electrons. The fraction of sp³-hybridized carbons (Fsp3) is 0.967. The number of hydrogen-bond donors (Lipinski definition) is 4. The zero-order chi connectivity index (χ0) is 26.0. The molecule has 0 aromatic carbocycles. The Bertz CT molecular complexity index is 446. The van der Waals surface area contributed by atoms with Gasteiger partial charge in [-0.3, -0.25) is 4.79 Å². The standard InChI is InChI=1S/C30H61NO4/c1-3-5-7-9-11-13-14-15-16-18-20-22-24-29(34)28(26-32)31-30(35)25-27(33)23-21-19-17-12-10-8-6-4-2/h27-29,32-34H,3-26H2,1-2H3,(H,31,35). The minimum atomic E-state index is -0.739. The first-order valence-electron chi connectivity index (χ1n) is 15.3. The lowest BCUT2D eigenvalue weighted by atomic mass is 10.0. The molecule has 0 aromatic rings. The number of aliphatic hydroxyl groups is 3. The second-order valence-corrected chi connectivity index (χ2v) is 10.7. The Labute approximate surface area is 217 Å². The molecule has 0 saturated heterocycles. The molecular formula is C30H61NO4. The van der Waals surface area contributed by atoms with Crippen LogP contribution in [0.1, 0.15) is 162 Å². The lowest BCUT2D eigenvalue weighted by Gasteiger charge is -2.23. The van der Waals surface area contributed by atoms with Crippen molar-refractivity contribution in [2.75, 3.05) is 6.61 Å². The Hall–Kier alpha value is -0.650. The summed E-state index contributed by atoms with van der Waals surface area (Å²) in [4.78, 5) is 12.2. The highest BCUT2D eigenvalue weighted by Crippen LogP contribution is 2.15. The van der Waals surface area contributed by atoms with Crippen LogP contribution in [0.15, 0.2) is 0 Å². The third kappa shape index (κ3) is 23.5. The van der Waals surface area contributed by atoms with Crippen LogP contribution in [0.25, 0.3) is 0 Å². The largest absolute Gasteiger partial charge is 0.394 e. The predicted octanol–water partition coefficient (Wildman–Crippen LogP) is 7.20. The highest BCUT2D eigenvalue weighted by molar-refractivity contribution is 5.76. The second kappa shape index (κ2) is 26.4. The van der Waals surface area contributed by atoms with Crippen LogP contribution in [-0.2, 0) is 4.79 Å². The number of rotatable bonds is 27. The molecule has 4 N–H and O–H groups in total. The van der Waals surface area contributed by atoms with Crippen molar-refractivity contribution in [1.29, 1.82) is 0 Å². The van der Waals surface area contributed by atoms with E-state index in [9.17, 15) is 20.1 Å². The van der Waals surface area contributed by atoms with E-state index < -0.39 is 18.2 Å². The summed E-state index contributed by atoms with van der Waals surface area (Å²) in [5.74, 6) is -0.287. The van der Waals surface area contributed by atoms with Gasteiger partial charge >= 0.3 is 0 Å². The van der Waals surface area contributed by atoms with Crippen LogP contribution in [0, 0.1) is 0 Å². The summed E-state index contributed by atoms with van der Waals surface area (Å²) in [6, 6.07) is -0.648. The van der Waals surface area contributed by atoms with Crippen LogP contribution in [-0.4, -0.2) is 46.1 Å². The second-order valence-electron chi connectivity index (χ2n) is 10.7. The number of carbonyl (C=O) groups is 1. The molecule has 0 spiro atoms. The SMILES string of the molecule is CCCCCCCCCCCCCCC(O)C(CO)NC(=O)CC(O)CCCCCCCCCC. The van der Waals surface area contributed by atoms with Crippen molar-refractivity contribution in [3.05, 3.63) is 0 Å². The topological polar surface area (TPSA) is 89.8 Å². The molecule has 210 valence electrons. The van der Waals surface area contributed by atoms with Gasteiger partial charge < -0.3 is 20.6 Å². The number of hydrogen-bond acceptors (Lipinski definition) is 4. The van der Waals surface area contributed by atoms with E-state index in [-0.39, 0.29) is 18.9 Å². The average molecular weight is 500 g/mol. The van der Waals surface area contributed by atoms with Gasteiger partial charge in [0.25, 0.3) is 0 Å². The predicted molar refractivity (Wildman–Crippen MR) is 149 cm³/mol. The van der Waals surface area contributed by atoms with E-state index >= 15 is 0 Å². The van der Waals surface area contributed by atoms with Gasteiger partial charge in [0.15, 0.2) is 0 Å². The van der Waals surface area contributed by atoms with Crippen molar-refractivity contribution in [2.45, 2.75) is 180 Å². The molecule has 5 nitrogen and oxygen atoms in total. The molecular weight excluding hydrogens is 438 g/mol. The zero-order valence-corrected chi connectivity index (χ0v) is 23.5. The summed E-state index contributed by atoms with van der Waals surface area (Å²) in [6.45, 7) is 4.20. The molecule has 0 aliphatic carbocycles. The maximum atomic E-state index is 12.2. The Morgan fingerprint density at radius 1 is 0.600 bits per heavy atom. The smallest absolute Gasteiger partial charge is 0.222 e. The van der Waals surface area contributed by atoms with Crippen LogP contribution >= 0.6 is 0 Å². The molecule has 0 aliphatic rings. The Morgan fingerprint density at radius 2 is 0.971 bits per heavy atom. The summed E-state index contributed by atoms with van der Waals surface area (Å²) < 4.78 is 0. The molecule has 0 heterocycles. The van der Waals surface area contributed by atoms with Gasteiger partial charge in [0.2, 0.25) is 5.91 Å². The van der Waals surface area contributed by atoms with Crippen molar-refractivity contribution in [3.8, 4) is 0 Å². The fourth-order valence-electron chi connectivity index (χ4n) is 4.75. The summed E-state index contributed by atoms with van der Waals surface area (Å²) in [7, 11) is 0. The van der Waals surface area contributed by atoms with Crippen LogP contribution in [0.3, 0.4) is 0 Å². The lowest BCUT2D eigenvalue weighted by molar-refractivity contribution is -0.125. The summed E-state index contributed by atoms with van der Waals surface area (Å²) >= 11 is 0. The highest BCUT2D eigenvalue weighted by atomic mass is 16.3. The van der Waals surface area contributed by atoms with Crippen LogP contribution < -0.4 is 5.32 Å². The molecule has 0 rings (SSSR count). The molecule has 3 unspecified atom stereocenters. The van der Waals surface area contributed by atoms with Gasteiger partial charge in [-0.2, -0.15) is 0 Å². The van der Waals surface area contributed by atoms with Gasteiger partial charge in [-0.25, -0.2) is 0 Å². The number of carbonyl (C=O) groups excluding carboxylic acids is 1. The number of aliphatic hydroxyl groups excluding tert-OH is 3. The lowest BCUT2D eigenvalue weighted by Crippen LogP contribution is -2.46. The highest BCUT2D eigenvalue weighted by Gasteiger charge is 2.21. The van der Waals surface area contributed by atoms with Crippen LogP contribution in [0.4, 0.5) is 0 Å². The van der Waals surface area contributed by atoms with E-state index in [0.717, 1.165) is 25.7 Å². The van der Waals surface area contributed by atoms with E-state index in [0.29, 0.717) is 12.8 Å². The summed E-state index contributed by atoms with van der Waals surface area (Å²) in [5.41, 5.74) is 0.